The molecule has 0 bridgehead atoms. The van der Waals surface area contributed by atoms with Gasteiger partial charge in [-0.15, -0.1) is 0 Å². The molecule has 0 aliphatic heterocycles. The number of benzene rings is 2. The zero-order valence-corrected chi connectivity index (χ0v) is 22.8. The van der Waals surface area contributed by atoms with Gasteiger partial charge in [0.25, 0.3) is 0 Å². The minimum Gasteiger partial charge on any atom is -0.813 e. The minimum absolute atomic E-state index is 0. The predicted octanol–water partition coefficient (Wildman–Crippen LogP) is 0.386. The number of halogens is 2. The van der Waals surface area contributed by atoms with E-state index in [1.54, 1.807) is 6.07 Å². The molecule has 2 rings (SSSR count). The van der Waals surface area contributed by atoms with Gasteiger partial charge in [0, 0.05) is 18.0 Å². The molecule has 12 heteroatoms. The third kappa shape index (κ3) is 18.8. The van der Waals surface area contributed by atoms with E-state index in [9.17, 15) is 18.4 Å². The van der Waals surface area contributed by atoms with Crippen molar-refractivity contribution in [3.05, 3.63) is 59.2 Å². The third-order valence-electron chi connectivity index (χ3n) is 3.26. The van der Waals surface area contributed by atoms with E-state index >= 15 is 0 Å². The monoisotopic (exact) mass is 529 g/mol. The number of thiocarbonyl (C=S) groups is 1. The number of nitrogens with two attached hydrogens (primary N) is 2. The van der Waals surface area contributed by atoms with Crippen molar-refractivity contribution < 1.29 is 84.3 Å². The zero-order valence-electron chi connectivity index (χ0n) is 17.9. The van der Waals surface area contributed by atoms with Crippen LogP contribution in [0.4, 0.5) is 20.2 Å². The van der Waals surface area contributed by atoms with Crippen LogP contribution in [0.5, 0.6) is 0 Å². The first-order valence-corrected chi connectivity index (χ1v) is 8.90. The van der Waals surface area contributed by atoms with Crippen LogP contribution in [0.3, 0.4) is 0 Å². The molecular weight excluding hydrogens is 501 g/mol. The van der Waals surface area contributed by atoms with Gasteiger partial charge in [-0.2, -0.15) is 0 Å². The van der Waals surface area contributed by atoms with Gasteiger partial charge in [0.05, 0.1) is 20.0 Å². The normalized spacial score (nSPS) is 8.36. The summed E-state index contributed by atoms with van der Waals surface area (Å²) in [4.78, 5) is 21.0. The van der Waals surface area contributed by atoms with Crippen molar-refractivity contribution in [2.45, 2.75) is 27.2 Å². The number of nitrogen functional groups attached to an aromatic ring is 2. The summed E-state index contributed by atoms with van der Waals surface area (Å²) in [7, 11) is 1.26. The van der Waals surface area contributed by atoms with Crippen LogP contribution < -0.4 is 62.9 Å². The van der Waals surface area contributed by atoms with Crippen molar-refractivity contribution in [1.29, 1.82) is 0 Å². The minimum atomic E-state index is -1.06. The number of hydrogen-bond acceptors (Lipinski definition) is 8. The molecule has 0 aliphatic rings. The molecule has 2 aromatic rings. The molecule has 0 aromatic heterocycles. The summed E-state index contributed by atoms with van der Waals surface area (Å²) >= 11 is 4.18. The average molecular weight is 530 g/mol. The van der Waals surface area contributed by atoms with E-state index in [1.807, 2.05) is 6.92 Å². The van der Waals surface area contributed by atoms with Crippen LogP contribution in [0.25, 0.3) is 0 Å². The third-order valence-corrected chi connectivity index (χ3v) is 3.38. The van der Waals surface area contributed by atoms with Crippen LogP contribution in [-0.2, 0) is 45.4 Å². The van der Waals surface area contributed by atoms with Crippen molar-refractivity contribution in [3.63, 3.8) is 0 Å². The number of hydrogen-bond donors (Lipinski definition) is 3. The predicted molar refractivity (Wildman–Crippen MR) is 128 cm³/mol. The van der Waals surface area contributed by atoms with Crippen molar-refractivity contribution in [2.75, 3.05) is 25.2 Å². The van der Waals surface area contributed by atoms with Crippen LogP contribution in [0.1, 0.15) is 25.5 Å². The molecule has 0 saturated carbocycles. The van der Waals surface area contributed by atoms with E-state index in [0.29, 0.717) is 23.5 Å². The maximum absolute atomic E-state index is 13.1. The number of anilines is 2. The zero-order chi connectivity index (χ0) is 23.1. The fourth-order valence-corrected chi connectivity index (χ4v) is 1.98. The van der Waals surface area contributed by atoms with Gasteiger partial charge >= 0.3 is 63.3 Å². The molecule has 0 fully saturated rings. The molecule has 0 spiro atoms. The van der Waals surface area contributed by atoms with Gasteiger partial charge in [-0.3, -0.25) is 9.59 Å². The maximum atomic E-state index is 13.1. The summed E-state index contributed by atoms with van der Waals surface area (Å²) in [5.41, 5.74) is 13.8. The Morgan fingerprint density at radius 1 is 1.03 bits per heavy atom. The summed E-state index contributed by atoms with van der Waals surface area (Å²) < 4.78 is 34.7. The smallest absolute Gasteiger partial charge is 0.813 e. The summed E-state index contributed by atoms with van der Waals surface area (Å²) in [5.74, 6) is -2.58. The van der Waals surface area contributed by atoms with Gasteiger partial charge in [0.2, 0.25) is 0 Å². The fourth-order valence-electron chi connectivity index (χ4n) is 1.86. The van der Waals surface area contributed by atoms with Crippen molar-refractivity contribution in [1.82, 2.24) is 0 Å². The molecule has 0 heterocycles. The number of rotatable bonds is 6. The Hall–Kier alpha value is -1.28. The molecule has 0 unspecified atom stereocenters. The van der Waals surface area contributed by atoms with E-state index in [1.165, 1.54) is 31.4 Å². The molecule has 0 atom stereocenters. The van der Waals surface area contributed by atoms with Crippen LogP contribution in [0.15, 0.2) is 36.4 Å². The molecule has 7 nitrogen and oxygen atoms in total. The van der Waals surface area contributed by atoms with Crippen LogP contribution in [0, 0.1) is 11.6 Å². The van der Waals surface area contributed by atoms with Gasteiger partial charge in [-0.05, 0) is 42.3 Å². The molecule has 33 heavy (non-hydrogen) atoms. The van der Waals surface area contributed by atoms with Gasteiger partial charge in [-0.1, -0.05) is 19.6 Å². The largest absolute Gasteiger partial charge is 1.00 e. The number of esters is 1. The maximum Gasteiger partial charge on any atom is 1.00 e. The molecule has 0 radical (unpaired) electrons. The molecule has 2 aromatic carbocycles. The first-order valence-electron chi connectivity index (χ1n) is 8.49. The summed E-state index contributed by atoms with van der Waals surface area (Å²) in [5, 5.41) is 8.36. The van der Waals surface area contributed by atoms with E-state index in [4.69, 9.17) is 16.6 Å². The molecule has 180 valence electrons. The van der Waals surface area contributed by atoms with Gasteiger partial charge < -0.3 is 51.8 Å². The SMILES string of the molecule is C.CCO[C-]=S.COC(=O)Cc1ccc(N)cc1F.Nc1ccc(CC(=O)O)c(F)c1.[K+].[SH-]. The Morgan fingerprint density at radius 2 is 1.45 bits per heavy atom. The van der Waals surface area contributed by atoms with E-state index < -0.39 is 23.6 Å². The number of carbonyl (C=O) groups is 2. The van der Waals surface area contributed by atoms with Crippen molar-refractivity contribution in [2.24, 2.45) is 0 Å². The second-order valence-corrected chi connectivity index (χ2v) is 5.71. The number of aliphatic carboxylic acids is 1. The fraction of sp³-hybridized carbons (Fsp3) is 0.286. The summed E-state index contributed by atoms with van der Waals surface area (Å²) in [6.45, 7) is 2.49. The number of carboxylic acid groups (broad SMARTS) is 1. The Labute approximate surface area is 248 Å². The van der Waals surface area contributed by atoms with Crippen LogP contribution >= 0.6 is 12.2 Å². The van der Waals surface area contributed by atoms with E-state index in [2.05, 4.69) is 27.2 Å². The van der Waals surface area contributed by atoms with Crippen molar-refractivity contribution in [3.8, 4) is 0 Å². The van der Waals surface area contributed by atoms with Crippen LogP contribution in [0.2, 0.25) is 0 Å². The van der Waals surface area contributed by atoms with E-state index in [-0.39, 0.29) is 90.7 Å². The first kappa shape index (κ1) is 39.0. The number of carbonyl (C=O) groups excluding carboxylic acids is 1. The molecule has 5 N–H and O–H groups in total. The quantitative estimate of drug-likeness (QED) is 0.0927. The number of methoxy groups -OCH3 is 1. The molecule has 0 saturated heterocycles. The van der Waals surface area contributed by atoms with Gasteiger partial charge in [0.15, 0.2) is 0 Å². The number of thiol groups is 1. The number of carboxylic acids is 1. The Kier molecular flexibility index (Phi) is 26.6. The molecule has 0 aliphatic carbocycles. The van der Waals surface area contributed by atoms with Gasteiger partial charge in [0.1, 0.15) is 11.6 Å². The Balaban J connectivity index is -0.000000198. The van der Waals surface area contributed by atoms with E-state index in [0.717, 1.165) is 6.07 Å². The summed E-state index contributed by atoms with van der Waals surface area (Å²) in [6, 6.07) is 8.15. The number of ether oxygens (including phenoxy) is 2. The van der Waals surface area contributed by atoms with Gasteiger partial charge in [-0.25, -0.2) is 14.3 Å². The first-order chi connectivity index (χ1) is 14.1. The summed E-state index contributed by atoms with van der Waals surface area (Å²) in [6.07, 6.45) is -0.380. The average Bonchev–Trinajstić information content (AvgIpc) is 2.67. The molecular formula is C21H28F2KN2O5S2-. The standard InChI is InChI=1S/C9H10FNO2.C8H8FNO2.C3H5OS.CH4.K.H2S/c1-13-9(12)4-6-2-3-7(11)5-8(6)10;9-7-4-6(10)2-1-5(7)3-8(11)12;1-2-4-3-5;;;/h2-3,5H,4,11H2,1H3;1-2,4H,3,10H2,(H,11,12);2H2,1H3;1H4;;1H2/q;;-1;;+1;/p-1. The Morgan fingerprint density at radius 3 is 1.73 bits per heavy atom. The second-order valence-electron chi connectivity index (χ2n) is 5.54. The topological polar surface area (TPSA) is 125 Å². The second kappa shape index (κ2) is 22.5. The van der Waals surface area contributed by atoms with Crippen LogP contribution in [-0.4, -0.2) is 36.3 Å². The Bertz CT molecular complexity index is 861. The van der Waals surface area contributed by atoms with Crippen molar-refractivity contribution >= 4 is 54.6 Å². The molecule has 0 amide bonds.